The van der Waals surface area contributed by atoms with Gasteiger partial charge in [0.25, 0.3) is 0 Å². The minimum absolute atomic E-state index is 0.404. The minimum Gasteiger partial charge on any atom is -0.388 e. The maximum atomic E-state index is 9.61. The average molecular weight is 158 g/mol. The monoisotopic (exact) mass is 158 g/mol. The molecule has 2 rings (SSSR count). The van der Waals surface area contributed by atoms with Gasteiger partial charge in [-0.15, -0.1) is 0 Å². The van der Waals surface area contributed by atoms with Crippen LogP contribution in [0, 0.1) is 0 Å². The molecular weight excluding hydrogens is 144 g/mol. The van der Waals surface area contributed by atoms with Crippen LogP contribution in [-0.4, -0.2) is 30.2 Å². The van der Waals surface area contributed by atoms with E-state index >= 15 is 0 Å². The molecule has 64 valence electrons. The van der Waals surface area contributed by atoms with Crippen molar-refractivity contribution in [1.82, 2.24) is 0 Å². The second kappa shape index (κ2) is 2.73. The largest absolute Gasteiger partial charge is 0.388 e. The molecule has 0 aromatic rings. The van der Waals surface area contributed by atoms with Gasteiger partial charge in [0.2, 0.25) is 0 Å². The van der Waals surface area contributed by atoms with Crippen molar-refractivity contribution in [2.75, 3.05) is 13.2 Å². The molecule has 0 saturated carbocycles. The molecule has 0 aromatic carbocycles. The van der Waals surface area contributed by atoms with Crippen LogP contribution in [-0.2, 0) is 9.47 Å². The molecule has 1 N–H and O–H groups in total. The predicted octanol–water partition coefficient (Wildman–Crippen LogP) is 0.664. The Morgan fingerprint density at radius 1 is 1.18 bits per heavy atom. The second-order valence-corrected chi connectivity index (χ2v) is 3.27. The van der Waals surface area contributed by atoms with E-state index in [-0.39, 0.29) is 0 Å². The molecule has 2 heterocycles. The summed E-state index contributed by atoms with van der Waals surface area (Å²) in [6.07, 6.45) is 3.23. The zero-order valence-electron chi connectivity index (χ0n) is 6.58. The second-order valence-electron chi connectivity index (χ2n) is 3.27. The van der Waals surface area contributed by atoms with Gasteiger partial charge in [-0.2, -0.15) is 0 Å². The van der Waals surface area contributed by atoms with Crippen LogP contribution in [0.4, 0.5) is 0 Å². The Morgan fingerprint density at radius 2 is 1.91 bits per heavy atom. The van der Waals surface area contributed by atoms with Gasteiger partial charge in [-0.05, 0) is 19.3 Å². The van der Waals surface area contributed by atoms with Crippen LogP contribution < -0.4 is 0 Å². The van der Waals surface area contributed by atoms with E-state index < -0.39 is 11.9 Å². The molecule has 2 aliphatic rings. The van der Waals surface area contributed by atoms with Crippen molar-refractivity contribution in [3.8, 4) is 0 Å². The Labute approximate surface area is 66.3 Å². The topological polar surface area (TPSA) is 38.7 Å². The van der Waals surface area contributed by atoms with Gasteiger partial charge in [0, 0.05) is 6.42 Å². The minimum atomic E-state index is -0.613. The third-order valence-corrected chi connectivity index (χ3v) is 2.49. The number of hydrogen-bond acceptors (Lipinski definition) is 3. The number of rotatable bonds is 0. The third-order valence-electron chi connectivity index (χ3n) is 2.49. The summed E-state index contributed by atoms with van der Waals surface area (Å²) >= 11 is 0. The molecule has 0 aromatic heterocycles. The first kappa shape index (κ1) is 7.53. The fourth-order valence-corrected chi connectivity index (χ4v) is 1.85. The highest BCUT2D eigenvalue weighted by Crippen LogP contribution is 2.35. The summed E-state index contributed by atoms with van der Waals surface area (Å²) in [5.74, 6) is -0.613. The summed E-state index contributed by atoms with van der Waals surface area (Å²) in [7, 11) is 0. The highest BCUT2D eigenvalue weighted by molar-refractivity contribution is 4.86. The Bertz CT molecular complexity index is 140. The maximum Gasteiger partial charge on any atom is 0.194 e. The van der Waals surface area contributed by atoms with E-state index in [0.717, 1.165) is 38.9 Å². The number of ether oxygens (including phenoxy) is 2. The normalized spacial score (nSPS) is 45.0. The van der Waals surface area contributed by atoms with Crippen molar-refractivity contribution >= 4 is 0 Å². The van der Waals surface area contributed by atoms with E-state index in [1.807, 2.05) is 0 Å². The molecule has 0 amide bonds. The predicted molar refractivity (Wildman–Crippen MR) is 39.1 cm³/mol. The van der Waals surface area contributed by atoms with E-state index in [9.17, 15) is 5.11 Å². The van der Waals surface area contributed by atoms with Gasteiger partial charge in [0.1, 0.15) is 6.10 Å². The molecule has 2 saturated heterocycles. The van der Waals surface area contributed by atoms with Crippen LogP contribution in [0.2, 0.25) is 0 Å². The Morgan fingerprint density at radius 3 is 2.45 bits per heavy atom. The highest BCUT2D eigenvalue weighted by Gasteiger charge is 2.44. The molecule has 2 fully saturated rings. The van der Waals surface area contributed by atoms with E-state index in [4.69, 9.17) is 9.47 Å². The molecule has 3 heteroatoms. The van der Waals surface area contributed by atoms with Crippen LogP contribution in [0.25, 0.3) is 0 Å². The summed E-state index contributed by atoms with van der Waals surface area (Å²) in [6.45, 7) is 1.47. The van der Waals surface area contributed by atoms with Gasteiger partial charge < -0.3 is 14.6 Å². The summed E-state index contributed by atoms with van der Waals surface area (Å²) < 4.78 is 10.9. The van der Waals surface area contributed by atoms with Crippen LogP contribution in [0.3, 0.4) is 0 Å². The molecule has 3 nitrogen and oxygen atoms in total. The van der Waals surface area contributed by atoms with Crippen LogP contribution in [0.15, 0.2) is 0 Å². The summed E-state index contributed by atoms with van der Waals surface area (Å²) in [5.41, 5.74) is 0. The fourth-order valence-electron chi connectivity index (χ4n) is 1.85. The standard InChI is InChI=1S/C8H14O3/c9-7-3-1-5-10-8(7)4-2-6-11-8/h7,9H,1-6H2/t7-,8+/m1/s1. The van der Waals surface area contributed by atoms with Gasteiger partial charge >= 0.3 is 0 Å². The molecule has 2 aliphatic heterocycles. The lowest BCUT2D eigenvalue weighted by Crippen LogP contribution is -2.47. The molecule has 11 heavy (non-hydrogen) atoms. The number of aliphatic hydroxyl groups excluding tert-OH is 1. The Balaban J connectivity index is 2.07. The molecule has 0 unspecified atom stereocenters. The third kappa shape index (κ3) is 1.17. The lowest BCUT2D eigenvalue weighted by Gasteiger charge is -2.36. The molecule has 0 aliphatic carbocycles. The fraction of sp³-hybridized carbons (Fsp3) is 1.00. The van der Waals surface area contributed by atoms with Crippen molar-refractivity contribution < 1.29 is 14.6 Å². The van der Waals surface area contributed by atoms with Gasteiger partial charge in [-0.3, -0.25) is 0 Å². The van der Waals surface area contributed by atoms with Crippen LogP contribution >= 0.6 is 0 Å². The summed E-state index contributed by atoms with van der Waals surface area (Å²) in [6, 6.07) is 0. The summed E-state index contributed by atoms with van der Waals surface area (Å²) in [4.78, 5) is 0. The lowest BCUT2D eigenvalue weighted by atomic mass is 9.99. The lowest BCUT2D eigenvalue weighted by molar-refractivity contribution is -0.278. The zero-order chi connectivity index (χ0) is 7.73. The van der Waals surface area contributed by atoms with Gasteiger partial charge in [-0.25, -0.2) is 0 Å². The van der Waals surface area contributed by atoms with E-state index in [2.05, 4.69) is 0 Å². The van der Waals surface area contributed by atoms with Crippen molar-refractivity contribution in [3.05, 3.63) is 0 Å². The van der Waals surface area contributed by atoms with Crippen molar-refractivity contribution in [2.45, 2.75) is 37.6 Å². The molecule has 1 spiro atoms. The number of hydrogen-bond donors (Lipinski definition) is 1. The van der Waals surface area contributed by atoms with Crippen LogP contribution in [0.1, 0.15) is 25.7 Å². The SMILES string of the molecule is O[C@@H]1CCCO[C@]12CCCO2. The Kier molecular flexibility index (Phi) is 1.87. The number of aliphatic hydroxyl groups is 1. The molecule has 2 atom stereocenters. The van der Waals surface area contributed by atoms with Crippen molar-refractivity contribution in [1.29, 1.82) is 0 Å². The molecule has 0 radical (unpaired) electrons. The maximum absolute atomic E-state index is 9.61. The van der Waals surface area contributed by atoms with Gasteiger partial charge in [0.05, 0.1) is 13.2 Å². The first-order valence-electron chi connectivity index (χ1n) is 4.29. The van der Waals surface area contributed by atoms with Gasteiger partial charge in [-0.1, -0.05) is 0 Å². The van der Waals surface area contributed by atoms with E-state index in [1.165, 1.54) is 0 Å². The Hall–Kier alpha value is -0.120. The van der Waals surface area contributed by atoms with E-state index in [0.29, 0.717) is 0 Å². The first-order chi connectivity index (χ1) is 5.33. The highest BCUT2D eigenvalue weighted by atomic mass is 16.7. The van der Waals surface area contributed by atoms with Crippen LogP contribution in [0.5, 0.6) is 0 Å². The smallest absolute Gasteiger partial charge is 0.194 e. The zero-order valence-corrected chi connectivity index (χ0v) is 6.58. The molecular formula is C8H14O3. The van der Waals surface area contributed by atoms with Crippen molar-refractivity contribution in [3.63, 3.8) is 0 Å². The van der Waals surface area contributed by atoms with E-state index in [1.54, 1.807) is 0 Å². The average Bonchev–Trinajstić information content (AvgIpc) is 2.46. The first-order valence-corrected chi connectivity index (χ1v) is 4.29. The quantitative estimate of drug-likeness (QED) is 0.563. The van der Waals surface area contributed by atoms with Gasteiger partial charge in [0.15, 0.2) is 5.79 Å². The van der Waals surface area contributed by atoms with Crippen molar-refractivity contribution in [2.24, 2.45) is 0 Å². The summed E-state index contributed by atoms with van der Waals surface area (Å²) in [5, 5.41) is 9.61. The molecule has 0 bridgehead atoms.